The van der Waals surface area contributed by atoms with Crippen LogP contribution in [0.4, 0.5) is 0 Å². The van der Waals surface area contributed by atoms with Gasteiger partial charge in [0.2, 0.25) is 0 Å². The van der Waals surface area contributed by atoms with E-state index >= 15 is 0 Å². The Bertz CT molecular complexity index is 771. The van der Waals surface area contributed by atoms with Crippen molar-refractivity contribution in [3.8, 4) is 11.3 Å². The van der Waals surface area contributed by atoms with Crippen LogP contribution in [0.15, 0.2) is 27.4 Å². The average Bonchev–Trinajstić information content (AvgIpc) is 2.89. The minimum Gasteiger partial charge on any atom is -0.408 e. The van der Waals surface area contributed by atoms with Crippen molar-refractivity contribution >= 4 is 22.7 Å². The summed E-state index contributed by atoms with van der Waals surface area (Å²) in [5.41, 5.74) is 7.93. The second kappa shape index (κ2) is 4.01. The van der Waals surface area contributed by atoms with Crippen molar-refractivity contribution in [3.63, 3.8) is 0 Å². The lowest BCUT2D eigenvalue weighted by molar-refractivity contribution is 0.555. The molecule has 3 rings (SSSR count). The molecule has 7 heteroatoms. The second-order valence-electron chi connectivity index (χ2n) is 3.78. The number of imidazole rings is 1. The molecule has 0 spiro atoms. The zero-order chi connectivity index (χ0) is 12.7. The van der Waals surface area contributed by atoms with Crippen molar-refractivity contribution in [2.45, 2.75) is 6.54 Å². The maximum atomic E-state index is 11.1. The van der Waals surface area contributed by atoms with Gasteiger partial charge in [0.1, 0.15) is 16.7 Å². The van der Waals surface area contributed by atoms with Crippen LogP contribution in [0.1, 0.15) is 5.82 Å². The van der Waals surface area contributed by atoms with E-state index in [0.717, 1.165) is 5.56 Å². The summed E-state index contributed by atoms with van der Waals surface area (Å²) in [5.74, 6) is 0.114. The third-order valence-electron chi connectivity index (χ3n) is 2.60. The van der Waals surface area contributed by atoms with E-state index in [1.165, 1.54) is 0 Å². The van der Waals surface area contributed by atoms with E-state index in [0.29, 0.717) is 27.8 Å². The Morgan fingerprint density at radius 1 is 1.39 bits per heavy atom. The number of oxazole rings is 1. The van der Waals surface area contributed by atoms with Crippen LogP contribution >= 0.6 is 11.6 Å². The highest BCUT2D eigenvalue weighted by atomic mass is 35.5. The smallest absolute Gasteiger partial charge is 0.408 e. The van der Waals surface area contributed by atoms with E-state index in [1.54, 1.807) is 18.2 Å². The highest BCUT2D eigenvalue weighted by Crippen LogP contribution is 2.27. The largest absolute Gasteiger partial charge is 0.417 e. The number of aromatic amines is 2. The summed E-state index contributed by atoms with van der Waals surface area (Å²) in [5, 5.41) is 0.410. The number of hydrogen-bond donors (Lipinski definition) is 3. The van der Waals surface area contributed by atoms with Crippen LogP contribution in [0.3, 0.4) is 0 Å². The van der Waals surface area contributed by atoms with Gasteiger partial charge >= 0.3 is 5.76 Å². The summed E-state index contributed by atoms with van der Waals surface area (Å²) in [6.07, 6.45) is 0. The van der Waals surface area contributed by atoms with Gasteiger partial charge in [-0.15, -0.1) is 0 Å². The molecule has 2 heterocycles. The van der Waals surface area contributed by atoms with Crippen LogP contribution in [0.5, 0.6) is 0 Å². The summed E-state index contributed by atoms with van der Waals surface area (Å²) in [7, 11) is 0. The van der Waals surface area contributed by atoms with Crippen LogP contribution in [0.2, 0.25) is 5.15 Å². The minimum absolute atomic E-state index is 0.279. The maximum absolute atomic E-state index is 11.1. The summed E-state index contributed by atoms with van der Waals surface area (Å²) in [4.78, 5) is 20.8. The van der Waals surface area contributed by atoms with Gasteiger partial charge in [0, 0.05) is 5.56 Å². The molecule has 0 aliphatic rings. The van der Waals surface area contributed by atoms with Gasteiger partial charge in [-0.3, -0.25) is 4.98 Å². The van der Waals surface area contributed by atoms with Crippen LogP contribution in [-0.4, -0.2) is 15.0 Å². The van der Waals surface area contributed by atoms with Crippen LogP contribution in [0.25, 0.3) is 22.4 Å². The maximum Gasteiger partial charge on any atom is 0.417 e. The van der Waals surface area contributed by atoms with E-state index in [2.05, 4.69) is 15.0 Å². The van der Waals surface area contributed by atoms with Gasteiger partial charge in [0.25, 0.3) is 0 Å². The van der Waals surface area contributed by atoms with Gasteiger partial charge in [0.05, 0.1) is 12.1 Å². The van der Waals surface area contributed by atoms with Gasteiger partial charge in [-0.2, -0.15) is 0 Å². The average molecular weight is 265 g/mol. The Labute approximate surface area is 106 Å². The number of nitrogens with one attached hydrogen (secondary N) is 2. The Balaban J connectivity index is 2.18. The van der Waals surface area contributed by atoms with Crippen LogP contribution < -0.4 is 11.5 Å². The zero-order valence-corrected chi connectivity index (χ0v) is 9.91. The predicted molar refractivity (Wildman–Crippen MR) is 67.3 cm³/mol. The first-order valence-corrected chi connectivity index (χ1v) is 5.63. The number of H-pyrrole nitrogens is 2. The van der Waals surface area contributed by atoms with Gasteiger partial charge in [0.15, 0.2) is 5.58 Å². The highest BCUT2D eigenvalue weighted by molar-refractivity contribution is 6.32. The van der Waals surface area contributed by atoms with E-state index in [4.69, 9.17) is 21.8 Å². The third kappa shape index (κ3) is 1.71. The predicted octanol–water partition coefficient (Wildman–Crippen LogP) is 1.62. The molecule has 3 aromatic rings. The fourth-order valence-corrected chi connectivity index (χ4v) is 2.04. The van der Waals surface area contributed by atoms with Crippen molar-refractivity contribution < 1.29 is 4.42 Å². The lowest BCUT2D eigenvalue weighted by Crippen LogP contribution is -1.97. The molecule has 0 aliphatic heterocycles. The molecule has 4 N–H and O–H groups in total. The summed E-state index contributed by atoms with van der Waals surface area (Å²) >= 11 is 6.04. The van der Waals surface area contributed by atoms with Crippen molar-refractivity contribution in [2.24, 2.45) is 5.73 Å². The molecule has 0 aliphatic carbocycles. The summed E-state index contributed by atoms with van der Waals surface area (Å²) in [6, 6.07) is 5.24. The van der Waals surface area contributed by atoms with Crippen LogP contribution in [0, 0.1) is 0 Å². The molecule has 0 saturated heterocycles. The van der Waals surface area contributed by atoms with E-state index < -0.39 is 5.76 Å². The molecule has 0 bridgehead atoms. The molecule has 2 aromatic heterocycles. The molecule has 6 nitrogen and oxygen atoms in total. The molecule has 0 atom stereocenters. The molecule has 1 aromatic carbocycles. The quantitative estimate of drug-likeness (QED) is 0.655. The van der Waals surface area contributed by atoms with Crippen molar-refractivity contribution in [3.05, 3.63) is 39.7 Å². The molecular weight excluding hydrogens is 256 g/mol. The van der Waals surface area contributed by atoms with Crippen molar-refractivity contribution in [1.29, 1.82) is 0 Å². The van der Waals surface area contributed by atoms with E-state index in [-0.39, 0.29) is 6.54 Å². The number of aromatic nitrogens is 3. The third-order valence-corrected chi connectivity index (χ3v) is 2.87. The van der Waals surface area contributed by atoms with Gasteiger partial charge in [-0.25, -0.2) is 9.78 Å². The molecule has 0 amide bonds. The second-order valence-corrected chi connectivity index (χ2v) is 4.15. The standard InChI is InChI=1S/C11H9ClN4O2/c12-10-9(15-8(4-13)16-10)5-1-2-6-7(3-5)18-11(17)14-6/h1-3H,4,13H2,(H,14,17)(H,15,16). The number of fused-ring (bicyclic) bond motifs is 1. The summed E-state index contributed by atoms with van der Waals surface area (Å²) < 4.78 is 4.99. The molecule has 0 unspecified atom stereocenters. The SMILES string of the molecule is NCc1nc(-c2ccc3[nH]c(=O)oc3c2)c(Cl)[nH]1. The molecule has 92 valence electrons. The molecule has 18 heavy (non-hydrogen) atoms. The van der Waals surface area contributed by atoms with E-state index in [1.807, 2.05) is 0 Å². The Hall–Kier alpha value is -2.05. The molecule has 0 radical (unpaired) electrons. The topological polar surface area (TPSA) is 101 Å². The monoisotopic (exact) mass is 264 g/mol. The first-order chi connectivity index (χ1) is 8.67. The fourth-order valence-electron chi connectivity index (χ4n) is 1.78. The highest BCUT2D eigenvalue weighted by Gasteiger charge is 2.11. The molecular formula is C11H9ClN4O2. The van der Waals surface area contributed by atoms with Crippen molar-refractivity contribution in [2.75, 3.05) is 0 Å². The van der Waals surface area contributed by atoms with Crippen LogP contribution in [-0.2, 0) is 6.54 Å². The Morgan fingerprint density at radius 3 is 2.94 bits per heavy atom. The van der Waals surface area contributed by atoms with Gasteiger partial charge in [-0.1, -0.05) is 17.7 Å². The Morgan fingerprint density at radius 2 is 2.22 bits per heavy atom. The zero-order valence-electron chi connectivity index (χ0n) is 9.16. The van der Waals surface area contributed by atoms with Gasteiger partial charge in [-0.05, 0) is 12.1 Å². The number of benzene rings is 1. The van der Waals surface area contributed by atoms with Gasteiger partial charge < -0.3 is 15.1 Å². The number of hydrogen-bond acceptors (Lipinski definition) is 4. The lowest BCUT2D eigenvalue weighted by Gasteiger charge is -1.96. The number of nitrogens with two attached hydrogens (primary N) is 1. The molecule has 0 fully saturated rings. The lowest BCUT2D eigenvalue weighted by atomic mass is 10.1. The Kier molecular flexibility index (Phi) is 2.46. The minimum atomic E-state index is -0.488. The van der Waals surface area contributed by atoms with E-state index in [9.17, 15) is 4.79 Å². The summed E-state index contributed by atoms with van der Waals surface area (Å²) in [6.45, 7) is 0.279. The van der Waals surface area contributed by atoms with Crippen molar-refractivity contribution in [1.82, 2.24) is 15.0 Å². The molecule has 0 saturated carbocycles. The number of nitrogens with zero attached hydrogens (tertiary/aromatic N) is 1. The fraction of sp³-hybridized carbons (Fsp3) is 0.0909. The first kappa shape index (κ1) is 11.1. The first-order valence-electron chi connectivity index (χ1n) is 5.25. The normalized spacial score (nSPS) is 11.2. The number of halogens is 1. The number of rotatable bonds is 2.